The molecule has 2 saturated heterocycles. The smallest absolute Gasteiger partial charge is 0.341 e. The molecule has 0 saturated carbocycles. The Bertz CT molecular complexity index is 1020. The minimum atomic E-state index is -0.312. The van der Waals surface area contributed by atoms with Crippen molar-refractivity contribution in [2.75, 3.05) is 26.9 Å². The largest absolute Gasteiger partial charge is 0.423 e. The number of hydrogen-bond acceptors (Lipinski definition) is 10. The second-order valence-corrected chi connectivity index (χ2v) is 7.11. The Morgan fingerprint density at radius 3 is 2.84 bits per heavy atom. The van der Waals surface area contributed by atoms with E-state index < -0.39 is 0 Å². The molecule has 0 aliphatic carbocycles. The van der Waals surface area contributed by atoms with E-state index in [1.165, 1.54) is 13.4 Å². The van der Waals surface area contributed by atoms with Gasteiger partial charge in [0, 0.05) is 7.11 Å². The summed E-state index contributed by atoms with van der Waals surface area (Å²) in [7, 11) is 1.47. The van der Waals surface area contributed by atoms with Crippen molar-refractivity contribution in [1.29, 1.82) is 0 Å². The molecule has 2 aromatic heterocycles. The molecule has 31 heavy (non-hydrogen) atoms. The Kier molecular flexibility index (Phi) is 5.28. The first kappa shape index (κ1) is 19.5. The molecule has 1 amide bonds. The van der Waals surface area contributed by atoms with E-state index in [9.17, 15) is 4.79 Å². The number of carbonyl (C=O) groups is 1. The van der Waals surface area contributed by atoms with Crippen molar-refractivity contribution < 1.29 is 23.7 Å². The molecule has 2 aliphatic heterocycles. The highest BCUT2D eigenvalue weighted by molar-refractivity contribution is 5.77. The molecule has 4 heterocycles. The number of methoxy groups -OCH3 is 1. The fourth-order valence-corrected chi connectivity index (χ4v) is 3.77. The second-order valence-electron chi connectivity index (χ2n) is 7.11. The molecule has 2 fully saturated rings. The summed E-state index contributed by atoms with van der Waals surface area (Å²) in [5, 5.41) is 18.8. The number of nitrogens with zero attached hydrogens (tertiary/aromatic N) is 7. The maximum absolute atomic E-state index is 11.8. The molecule has 4 atom stereocenters. The van der Waals surface area contributed by atoms with E-state index in [0.717, 1.165) is 5.69 Å². The van der Waals surface area contributed by atoms with Crippen molar-refractivity contribution in [2.45, 2.75) is 24.3 Å². The third kappa shape index (κ3) is 3.85. The Labute approximate surface area is 176 Å². The van der Waals surface area contributed by atoms with E-state index in [1.807, 2.05) is 12.1 Å². The molecule has 162 valence electrons. The fraction of sp³-hybridized carbons (Fsp3) is 0.444. The predicted molar refractivity (Wildman–Crippen MR) is 102 cm³/mol. The average Bonchev–Trinajstić information content (AvgIpc) is 3.55. The van der Waals surface area contributed by atoms with Gasteiger partial charge in [0.15, 0.2) is 0 Å². The zero-order valence-corrected chi connectivity index (χ0v) is 16.6. The van der Waals surface area contributed by atoms with Crippen molar-refractivity contribution in [3.05, 3.63) is 36.9 Å². The summed E-state index contributed by atoms with van der Waals surface area (Å²) in [6.07, 6.45) is 2.46. The zero-order valence-electron chi connectivity index (χ0n) is 16.6. The number of rotatable bonds is 7. The quantitative estimate of drug-likeness (QED) is 0.524. The molecular formula is C18H20N8O5. The van der Waals surface area contributed by atoms with Crippen LogP contribution in [0.25, 0.3) is 5.69 Å². The highest BCUT2D eigenvalue weighted by atomic mass is 16.6. The summed E-state index contributed by atoms with van der Waals surface area (Å²) in [6.45, 7) is 0.653. The molecule has 13 heteroatoms. The minimum Gasteiger partial charge on any atom is -0.423 e. The third-order valence-corrected chi connectivity index (χ3v) is 5.15. The van der Waals surface area contributed by atoms with Crippen molar-refractivity contribution in [3.63, 3.8) is 0 Å². The monoisotopic (exact) mass is 428 g/mol. The number of tetrazole rings is 1. The average molecular weight is 428 g/mol. The molecule has 0 spiro atoms. The van der Waals surface area contributed by atoms with Crippen LogP contribution in [0.15, 0.2) is 36.9 Å². The van der Waals surface area contributed by atoms with Gasteiger partial charge in [-0.05, 0) is 34.7 Å². The van der Waals surface area contributed by atoms with Gasteiger partial charge in [0.05, 0.1) is 24.9 Å². The first-order valence-electron chi connectivity index (χ1n) is 9.65. The summed E-state index contributed by atoms with van der Waals surface area (Å²) in [5.74, 6) is 0.344. The lowest BCUT2D eigenvalue weighted by Gasteiger charge is -2.18. The summed E-state index contributed by atoms with van der Waals surface area (Å²) in [4.78, 5) is 15.8. The molecule has 2 aliphatic rings. The van der Waals surface area contributed by atoms with Crippen molar-refractivity contribution in [2.24, 2.45) is 0 Å². The van der Waals surface area contributed by atoms with Crippen molar-refractivity contribution in [1.82, 2.24) is 40.3 Å². The highest BCUT2D eigenvalue weighted by Gasteiger charge is 2.50. The second kappa shape index (κ2) is 8.37. The summed E-state index contributed by atoms with van der Waals surface area (Å²) >= 11 is 0. The van der Waals surface area contributed by atoms with Crippen LogP contribution in [0.2, 0.25) is 0 Å². The minimum absolute atomic E-state index is 0.0159. The van der Waals surface area contributed by atoms with E-state index >= 15 is 0 Å². The third-order valence-electron chi connectivity index (χ3n) is 5.15. The molecule has 5 rings (SSSR count). The Balaban J connectivity index is 1.27. The fourth-order valence-electron chi connectivity index (χ4n) is 3.77. The molecule has 3 aromatic rings. The number of carbonyl (C=O) groups excluding carboxylic acids is 1. The first-order chi connectivity index (χ1) is 15.2. The summed E-state index contributed by atoms with van der Waals surface area (Å²) in [6, 6.07) is 6.95. The molecule has 1 aromatic carbocycles. The van der Waals surface area contributed by atoms with Crippen LogP contribution in [-0.2, 0) is 19.0 Å². The first-order valence-corrected chi connectivity index (χ1v) is 9.65. The lowest BCUT2D eigenvalue weighted by atomic mass is 10.1. The van der Waals surface area contributed by atoms with Gasteiger partial charge in [-0.25, -0.2) is 9.67 Å². The normalized spacial score (nSPS) is 24.8. The molecule has 1 N–H and O–H groups in total. The van der Waals surface area contributed by atoms with Crippen LogP contribution >= 0.6 is 0 Å². The topological polar surface area (TPSA) is 140 Å². The Morgan fingerprint density at radius 1 is 1.23 bits per heavy atom. The summed E-state index contributed by atoms with van der Waals surface area (Å²) < 4.78 is 25.7. The van der Waals surface area contributed by atoms with Crippen LogP contribution in [0.5, 0.6) is 11.8 Å². The number of benzene rings is 1. The van der Waals surface area contributed by atoms with Crippen LogP contribution in [0.4, 0.5) is 0 Å². The molecule has 0 radical (unpaired) electrons. The van der Waals surface area contributed by atoms with Gasteiger partial charge in [0.1, 0.15) is 43.3 Å². The van der Waals surface area contributed by atoms with Crippen LogP contribution in [0, 0.1) is 0 Å². The molecule has 0 bridgehead atoms. The number of amides is 1. The van der Waals surface area contributed by atoms with Crippen LogP contribution in [0.3, 0.4) is 0 Å². The summed E-state index contributed by atoms with van der Waals surface area (Å²) in [5.41, 5.74) is 0.845. The van der Waals surface area contributed by atoms with Gasteiger partial charge in [-0.3, -0.25) is 4.79 Å². The number of aromatic nitrogens is 7. The van der Waals surface area contributed by atoms with Crippen molar-refractivity contribution >= 4 is 5.91 Å². The lowest BCUT2D eigenvalue weighted by Crippen LogP contribution is -2.45. The Morgan fingerprint density at radius 2 is 2.06 bits per heavy atom. The number of hydrogen-bond donors (Lipinski definition) is 1. The van der Waals surface area contributed by atoms with E-state index in [2.05, 4.69) is 30.9 Å². The van der Waals surface area contributed by atoms with Gasteiger partial charge in [-0.2, -0.15) is 9.78 Å². The van der Waals surface area contributed by atoms with Gasteiger partial charge in [-0.1, -0.05) is 5.10 Å². The lowest BCUT2D eigenvalue weighted by molar-refractivity contribution is -0.126. The van der Waals surface area contributed by atoms with Crippen molar-refractivity contribution in [3.8, 4) is 17.4 Å². The van der Waals surface area contributed by atoms with E-state index in [-0.39, 0.29) is 42.8 Å². The highest BCUT2D eigenvalue weighted by Crippen LogP contribution is 2.36. The van der Waals surface area contributed by atoms with Crippen LogP contribution < -0.4 is 10.1 Å². The van der Waals surface area contributed by atoms with Gasteiger partial charge < -0.3 is 24.3 Å². The standard InChI is InChI=1S/C18H20N8O5/c1-28-8-15(27)21-13-6-29-17-14(7-30-16(13)17)26-18(22-23-24-26)31-12-4-2-11(3-5-12)25-10-19-9-20-25/h2-5,9-10,13-14,16-17H,6-8H2,1H3,(H,21,27). The number of nitrogens with one attached hydrogen (secondary N) is 1. The number of ether oxygens (including phenoxy) is 4. The molecule has 4 unspecified atom stereocenters. The maximum Gasteiger partial charge on any atom is 0.341 e. The van der Waals surface area contributed by atoms with E-state index in [4.69, 9.17) is 18.9 Å². The van der Waals surface area contributed by atoms with Gasteiger partial charge >= 0.3 is 6.01 Å². The van der Waals surface area contributed by atoms with Gasteiger partial charge in [-0.15, -0.1) is 0 Å². The Hall–Kier alpha value is -3.42. The predicted octanol–water partition coefficient (Wildman–Crippen LogP) is -0.484. The van der Waals surface area contributed by atoms with E-state index in [0.29, 0.717) is 19.0 Å². The van der Waals surface area contributed by atoms with Crippen LogP contribution in [0.1, 0.15) is 6.04 Å². The van der Waals surface area contributed by atoms with Gasteiger partial charge in [0.25, 0.3) is 0 Å². The maximum atomic E-state index is 11.8. The van der Waals surface area contributed by atoms with Crippen LogP contribution in [-0.4, -0.2) is 86.1 Å². The van der Waals surface area contributed by atoms with Gasteiger partial charge in [0.2, 0.25) is 5.91 Å². The number of fused-ring (bicyclic) bond motifs is 1. The zero-order chi connectivity index (χ0) is 21.2. The molecule has 13 nitrogen and oxygen atoms in total. The molecular weight excluding hydrogens is 408 g/mol. The van der Waals surface area contributed by atoms with E-state index in [1.54, 1.807) is 27.8 Å². The SMILES string of the molecule is COCC(=O)NC1COC2C1OCC2n1nnnc1Oc1ccc(-n2cncn2)cc1.